The molecule has 1 amide bonds. The zero-order chi connectivity index (χ0) is 22.9. The quantitative estimate of drug-likeness (QED) is 0.406. The molecule has 5 heteroatoms. The lowest BCUT2D eigenvalue weighted by Gasteiger charge is -2.18. The molecule has 4 aromatic rings. The average Bonchev–Trinajstić information content (AvgIpc) is 3.44. The summed E-state index contributed by atoms with van der Waals surface area (Å²) in [6, 6.07) is 18.1. The van der Waals surface area contributed by atoms with Crippen molar-refractivity contribution in [2.45, 2.75) is 32.7 Å². The Kier molecular flexibility index (Phi) is 5.65. The molecular formula is C28H28N2O3. The fourth-order valence-corrected chi connectivity index (χ4v) is 4.78. The van der Waals surface area contributed by atoms with Crippen molar-refractivity contribution in [2.24, 2.45) is 0 Å². The molecule has 3 aromatic carbocycles. The molecular weight excluding hydrogens is 412 g/mol. The third-order valence-corrected chi connectivity index (χ3v) is 6.28. The van der Waals surface area contributed by atoms with Gasteiger partial charge in [-0.15, -0.1) is 0 Å². The van der Waals surface area contributed by atoms with E-state index in [0.717, 1.165) is 39.6 Å². The molecule has 0 unspecified atom stereocenters. The maximum absolute atomic E-state index is 13.4. The number of fused-ring (bicyclic) bond motifs is 2. The number of ether oxygens (including phenoxy) is 1. The summed E-state index contributed by atoms with van der Waals surface area (Å²) in [4.78, 5) is 16.6. The molecule has 0 saturated heterocycles. The number of carbonyl (C=O) groups excluding carboxylic acids is 1. The number of nitrogens with one attached hydrogen (secondary N) is 2. The molecule has 1 aliphatic heterocycles. The molecule has 5 rings (SSSR count). The summed E-state index contributed by atoms with van der Waals surface area (Å²) in [5, 5.41) is 14.2. The molecule has 5 nitrogen and oxygen atoms in total. The van der Waals surface area contributed by atoms with Gasteiger partial charge in [0.15, 0.2) is 0 Å². The molecule has 0 saturated carbocycles. The van der Waals surface area contributed by atoms with Crippen LogP contribution in [-0.2, 0) is 12.8 Å². The Morgan fingerprint density at radius 3 is 2.64 bits per heavy atom. The van der Waals surface area contributed by atoms with E-state index >= 15 is 0 Å². The zero-order valence-electron chi connectivity index (χ0n) is 18.9. The van der Waals surface area contributed by atoms with Crippen molar-refractivity contribution >= 4 is 16.8 Å². The number of rotatable bonds is 6. The van der Waals surface area contributed by atoms with E-state index in [4.69, 9.17) is 4.74 Å². The van der Waals surface area contributed by atoms with Gasteiger partial charge in [-0.25, -0.2) is 0 Å². The van der Waals surface area contributed by atoms with Crippen molar-refractivity contribution in [2.75, 3.05) is 13.2 Å². The number of carbonyl (C=O) groups is 1. The summed E-state index contributed by atoms with van der Waals surface area (Å²) < 4.78 is 5.84. The Morgan fingerprint density at radius 1 is 1.09 bits per heavy atom. The van der Waals surface area contributed by atoms with Gasteiger partial charge in [-0.3, -0.25) is 4.79 Å². The highest BCUT2D eigenvalue weighted by molar-refractivity contribution is 5.99. The van der Waals surface area contributed by atoms with E-state index in [1.54, 1.807) is 0 Å². The van der Waals surface area contributed by atoms with Gasteiger partial charge >= 0.3 is 0 Å². The second-order valence-corrected chi connectivity index (χ2v) is 8.90. The first kappa shape index (κ1) is 21.3. The monoisotopic (exact) mass is 440 g/mol. The molecule has 0 spiro atoms. The van der Waals surface area contributed by atoms with Gasteiger partial charge in [0.05, 0.1) is 24.8 Å². The smallest absolute Gasteiger partial charge is 0.255 e. The Hall–Kier alpha value is -3.57. The van der Waals surface area contributed by atoms with Crippen LogP contribution in [0.2, 0.25) is 0 Å². The predicted octanol–water partition coefficient (Wildman–Crippen LogP) is 4.72. The SMILES string of the molecule is Cc1cc(C)cc(-c2cc3c(c(C(=O)N[C@@H](CO)Cc4c[nH]c5ccccc45)c2)OCC3)c1. The van der Waals surface area contributed by atoms with E-state index in [1.165, 1.54) is 11.1 Å². The molecule has 0 fully saturated rings. The maximum atomic E-state index is 13.4. The lowest BCUT2D eigenvalue weighted by molar-refractivity contribution is 0.0913. The van der Waals surface area contributed by atoms with Gasteiger partial charge < -0.3 is 20.1 Å². The van der Waals surface area contributed by atoms with Crippen LogP contribution in [0.1, 0.15) is 32.6 Å². The van der Waals surface area contributed by atoms with Crippen LogP contribution < -0.4 is 10.1 Å². The molecule has 2 heterocycles. The van der Waals surface area contributed by atoms with Gasteiger partial charge in [0, 0.05) is 23.5 Å². The van der Waals surface area contributed by atoms with Gasteiger partial charge in [0.25, 0.3) is 5.91 Å². The van der Waals surface area contributed by atoms with E-state index in [0.29, 0.717) is 24.3 Å². The van der Waals surface area contributed by atoms with E-state index in [1.807, 2.05) is 36.5 Å². The van der Waals surface area contributed by atoms with Crippen LogP contribution in [0.15, 0.2) is 60.8 Å². The molecule has 0 aliphatic carbocycles. The van der Waals surface area contributed by atoms with Crippen LogP contribution in [0.25, 0.3) is 22.0 Å². The molecule has 1 aromatic heterocycles. The summed E-state index contributed by atoms with van der Waals surface area (Å²) in [5.41, 5.74) is 8.16. The Bertz CT molecular complexity index is 1320. The number of para-hydroxylation sites is 1. The fraction of sp³-hybridized carbons (Fsp3) is 0.250. The van der Waals surface area contributed by atoms with E-state index in [2.05, 4.69) is 48.4 Å². The standard InChI is InChI=1S/C28H28N2O3/c1-17-9-18(2)11-20(10-17)21-12-19-7-8-33-27(19)25(14-21)28(32)30-23(16-31)13-22-15-29-26-6-4-3-5-24(22)26/h3-6,9-12,14-15,23,29,31H,7-8,13,16H2,1-2H3,(H,30,32)/t23-/m1/s1. The minimum Gasteiger partial charge on any atom is -0.492 e. The highest BCUT2D eigenvalue weighted by Crippen LogP contribution is 2.35. The van der Waals surface area contributed by atoms with E-state index in [9.17, 15) is 9.90 Å². The molecule has 3 N–H and O–H groups in total. The zero-order valence-corrected chi connectivity index (χ0v) is 18.9. The molecule has 1 atom stereocenters. The van der Waals surface area contributed by atoms with Crippen molar-refractivity contribution in [1.29, 1.82) is 0 Å². The van der Waals surface area contributed by atoms with Gasteiger partial charge in [0.1, 0.15) is 5.75 Å². The summed E-state index contributed by atoms with van der Waals surface area (Å²) in [6.07, 6.45) is 3.26. The van der Waals surface area contributed by atoms with Gasteiger partial charge in [-0.05, 0) is 60.7 Å². The van der Waals surface area contributed by atoms with Crippen LogP contribution in [0, 0.1) is 13.8 Å². The lowest BCUT2D eigenvalue weighted by atomic mass is 9.95. The maximum Gasteiger partial charge on any atom is 0.255 e. The lowest BCUT2D eigenvalue weighted by Crippen LogP contribution is -2.39. The minimum absolute atomic E-state index is 0.148. The number of aliphatic hydroxyl groups excluding tert-OH is 1. The minimum atomic E-state index is -0.404. The molecule has 1 aliphatic rings. The third kappa shape index (κ3) is 4.24. The number of H-pyrrole nitrogens is 1. The van der Waals surface area contributed by atoms with Gasteiger partial charge in [-0.1, -0.05) is 47.5 Å². The first-order valence-corrected chi connectivity index (χ1v) is 11.4. The third-order valence-electron chi connectivity index (χ3n) is 6.28. The van der Waals surface area contributed by atoms with Crippen LogP contribution >= 0.6 is 0 Å². The number of aromatic amines is 1. The topological polar surface area (TPSA) is 74.4 Å². The Morgan fingerprint density at radius 2 is 1.85 bits per heavy atom. The molecule has 168 valence electrons. The van der Waals surface area contributed by atoms with Crippen molar-refractivity contribution in [3.8, 4) is 16.9 Å². The number of benzene rings is 3. The summed E-state index contributed by atoms with van der Waals surface area (Å²) in [6.45, 7) is 4.59. The highest BCUT2D eigenvalue weighted by Gasteiger charge is 2.24. The second-order valence-electron chi connectivity index (χ2n) is 8.90. The van der Waals surface area contributed by atoms with Crippen molar-refractivity contribution < 1.29 is 14.6 Å². The first-order chi connectivity index (χ1) is 16.0. The molecule has 33 heavy (non-hydrogen) atoms. The number of hydrogen-bond donors (Lipinski definition) is 3. The molecule has 0 bridgehead atoms. The normalized spacial score (nSPS) is 13.5. The number of hydrogen-bond acceptors (Lipinski definition) is 3. The Balaban J connectivity index is 1.44. The van der Waals surface area contributed by atoms with Crippen molar-refractivity contribution in [3.05, 3.63) is 88.6 Å². The highest BCUT2D eigenvalue weighted by atomic mass is 16.5. The molecule has 0 radical (unpaired) electrons. The van der Waals surface area contributed by atoms with Crippen LogP contribution in [0.4, 0.5) is 0 Å². The van der Waals surface area contributed by atoms with Crippen LogP contribution in [-0.4, -0.2) is 35.3 Å². The summed E-state index contributed by atoms with van der Waals surface area (Å²) in [7, 11) is 0. The van der Waals surface area contributed by atoms with Crippen molar-refractivity contribution in [1.82, 2.24) is 10.3 Å². The largest absolute Gasteiger partial charge is 0.492 e. The predicted molar refractivity (Wildman–Crippen MR) is 131 cm³/mol. The fourth-order valence-electron chi connectivity index (χ4n) is 4.78. The average molecular weight is 441 g/mol. The van der Waals surface area contributed by atoms with Gasteiger partial charge in [-0.2, -0.15) is 0 Å². The number of aromatic nitrogens is 1. The van der Waals surface area contributed by atoms with Gasteiger partial charge in [0.2, 0.25) is 0 Å². The van der Waals surface area contributed by atoms with E-state index in [-0.39, 0.29) is 12.5 Å². The summed E-state index contributed by atoms with van der Waals surface area (Å²) >= 11 is 0. The number of aryl methyl sites for hydroxylation is 2. The van der Waals surface area contributed by atoms with Crippen LogP contribution in [0.3, 0.4) is 0 Å². The van der Waals surface area contributed by atoms with Crippen LogP contribution in [0.5, 0.6) is 5.75 Å². The second kappa shape index (κ2) is 8.75. The first-order valence-electron chi connectivity index (χ1n) is 11.4. The Labute approximate surface area is 193 Å². The van der Waals surface area contributed by atoms with E-state index < -0.39 is 6.04 Å². The van der Waals surface area contributed by atoms with Crippen molar-refractivity contribution in [3.63, 3.8) is 0 Å². The number of aliphatic hydroxyl groups is 1. The number of amides is 1. The summed E-state index contributed by atoms with van der Waals surface area (Å²) in [5.74, 6) is 0.433.